The Morgan fingerprint density at radius 1 is 1.07 bits per heavy atom. The lowest BCUT2D eigenvalue weighted by Crippen LogP contribution is -2.44. The van der Waals surface area contributed by atoms with E-state index in [-0.39, 0.29) is 17.6 Å². The molecule has 3 nitrogen and oxygen atoms in total. The maximum atomic E-state index is 12.0. The molecular formula is C11H15NO2. The van der Waals surface area contributed by atoms with E-state index in [0.717, 1.165) is 0 Å². The molecule has 0 aromatic rings. The van der Waals surface area contributed by atoms with Crippen molar-refractivity contribution < 1.29 is 9.59 Å². The number of hydrogen-bond acceptors (Lipinski definition) is 2. The molecule has 14 heavy (non-hydrogen) atoms. The molecule has 2 aliphatic heterocycles. The van der Waals surface area contributed by atoms with Crippen LogP contribution in [0.2, 0.25) is 0 Å². The minimum Gasteiger partial charge on any atom is -0.336 e. The highest BCUT2D eigenvalue weighted by molar-refractivity contribution is 5.96. The van der Waals surface area contributed by atoms with E-state index in [1.165, 1.54) is 25.7 Å². The van der Waals surface area contributed by atoms with Gasteiger partial charge in [0.1, 0.15) is 5.78 Å². The third kappa shape index (κ3) is 1.04. The van der Waals surface area contributed by atoms with E-state index in [4.69, 9.17) is 0 Å². The third-order valence-corrected chi connectivity index (χ3v) is 4.00. The molecule has 0 radical (unpaired) electrons. The summed E-state index contributed by atoms with van der Waals surface area (Å²) in [4.78, 5) is 24.9. The predicted molar refractivity (Wildman–Crippen MR) is 50.6 cm³/mol. The van der Waals surface area contributed by atoms with E-state index in [0.29, 0.717) is 24.9 Å². The van der Waals surface area contributed by atoms with Crippen LogP contribution in [0.5, 0.6) is 0 Å². The number of Topliss-reactive ketones (excluding diaryl/α,β-unsaturated/α-hetero) is 1. The molecule has 76 valence electrons. The smallest absolute Gasteiger partial charge is 0.227 e. The van der Waals surface area contributed by atoms with Gasteiger partial charge in [-0.3, -0.25) is 9.59 Å². The summed E-state index contributed by atoms with van der Waals surface area (Å²) in [6.07, 6.45) is 5.78. The van der Waals surface area contributed by atoms with Gasteiger partial charge < -0.3 is 4.90 Å². The molecule has 0 N–H and O–H groups in total. The number of carbonyl (C=O) groups excluding carboxylic acids is 2. The van der Waals surface area contributed by atoms with E-state index in [1.54, 1.807) is 0 Å². The first kappa shape index (κ1) is 8.45. The average molecular weight is 193 g/mol. The van der Waals surface area contributed by atoms with Crippen molar-refractivity contribution >= 4 is 11.7 Å². The quantitative estimate of drug-likeness (QED) is 0.625. The van der Waals surface area contributed by atoms with Crippen LogP contribution < -0.4 is 0 Å². The number of rotatable bonds is 1. The van der Waals surface area contributed by atoms with Gasteiger partial charge in [-0.15, -0.1) is 0 Å². The lowest BCUT2D eigenvalue weighted by atomic mass is 9.83. The summed E-state index contributed by atoms with van der Waals surface area (Å²) in [5.41, 5.74) is 0. The second-order valence-electron chi connectivity index (χ2n) is 4.85. The molecular weight excluding hydrogens is 178 g/mol. The van der Waals surface area contributed by atoms with Crippen LogP contribution in [0.25, 0.3) is 0 Å². The SMILES string of the molecule is O=C1CC(C(=O)N2C3CCC2CC3)C1. The van der Waals surface area contributed by atoms with Crippen molar-refractivity contribution in [2.45, 2.75) is 50.6 Å². The Morgan fingerprint density at radius 3 is 2.00 bits per heavy atom. The zero-order valence-corrected chi connectivity index (χ0v) is 8.24. The van der Waals surface area contributed by atoms with Crippen LogP contribution in [-0.2, 0) is 9.59 Å². The first-order valence-corrected chi connectivity index (χ1v) is 5.59. The van der Waals surface area contributed by atoms with Gasteiger partial charge >= 0.3 is 0 Å². The summed E-state index contributed by atoms with van der Waals surface area (Å²) in [5, 5.41) is 0. The molecule has 0 aromatic carbocycles. The van der Waals surface area contributed by atoms with Crippen LogP contribution in [0.15, 0.2) is 0 Å². The van der Waals surface area contributed by atoms with Crippen LogP contribution in [0.3, 0.4) is 0 Å². The van der Waals surface area contributed by atoms with Gasteiger partial charge in [0.25, 0.3) is 0 Å². The van der Waals surface area contributed by atoms with Crippen molar-refractivity contribution in [2.24, 2.45) is 5.92 Å². The van der Waals surface area contributed by atoms with E-state index in [1.807, 2.05) is 0 Å². The van der Waals surface area contributed by atoms with Crippen molar-refractivity contribution in [3.63, 3.8) is 0 Å². The Labute approximate surface area is 83.5 Å². The van der Waals surface area contributed by atoms with Crippen LogP contribution >= 0.6 is 0 Å². The van der Waals surface area contributed by atoms with Gasteiger partial charge in [-0.1, -0.05) is 0 Å². The molecule has 3 fully saturated rings. The highest BCUT2D eigenvalue weighted by atomic mass is 16.2. The topological polar surface area (TPSA) is 37.4 Å². The van der Waals surface area contributed by atoms with Gasteiger partial charge in [-0.05, 0) is 25.7 Å². The van der Waals surface area contributed by atoms with Crippen molar-refractivity contribution in [1.82, 2.24) is 4.90 Å². The normalized spacial score (nSPS) is 36.3. The van der Waals surface area contributed by atoms with Gasteiger partial charge in [-0.25, -0.2) is 0 Å². The number of nitrogens with zero attached hydrogens (tertiary/aromatic N) is 1. The largest absolute Gasteiger partial charge is 0.336 e. The highest BCUT2D eigenvalue weighted by Gasteiger charge is 2.46. The van der Waals surface area contributed by atoms with Crippen LogP contribution in [-0.4, -0.2) is 28.7 Å². The summed E-state index contributed by atoms with van der Waals surface area (Å²) in [7, 11) is 0. The fourth-order valence-corrected chi connectivity index (χ4v) is 3.15. The van der Waals surface area contributed by atoms with E-state index in [2.05, 4.69) is 4.90 Å². The Bertz CT molecular complexity index is 272. The van der Waals surface area contributed by atoms with Crippen molar-refractivity contribution in [2.75, 3.05) is 0 Å². The fraction of sp³-hybridized carbons (Fsp3) is 0.818. The highest BCUT2D eigenvalue weighted by Crippen LogP contribution is 2.40. The molecule has 2 heterocycles. The lowest BCUT2D eigenvalue weighted by Gasteiger charge is -2.31. The molecule has 3 rings (SSSR count). The number of fused-ring (bicyclic) bond motifs is 2. The number of carbonyl (C=O) groups is 2. The summed E-state index contributed by atoms with van der Waals surface area (Å²) < 4.78 is 0. The molecule has 1 aliphatic carbocycles. The molecule has 2 saturated heterocycles. The number of amides is 1. The fourth-order valence-electron chi connectivity index (χ4n) is 3.15. The van der Waals surface area contributed by atoms with Gasteiger partial charge in [0.2, 0.25) is 5.91 Å². The van der Waals surface area contributed by atoms with Crippen molar-refractivity contribution in [1.29, 1.82) is 0 Å². The molecule has 2 bridgehead atoms. The maximum absolute atomic E-state index is 12.0. The maximum Gasteiger partial charge on any atom is 0.227 e. The van der Waals surface area contributed by atoms with Crippen LogP contribution in [0.1, 0.15) is 38.5 Å². The summed E-state index contributed by atoms with van der Waals surface area (Å²) >= 11 is 0. The summed E-state index contributed by atoms with van der Waals surface area (Å²) in [5.74, 6) is 0.577. The monoisotopic (exact) mass is 193 g/mol. The molecule has 0 aromatic heterocycles. The lowest BCUT2D eigenvalue weighted by molar-refractivity contribution is -0.145. The van der Waals surface area contributed by atoms with E-state index < -0.39 is 0 Å². The Kier molecular flexibility index (Phi) is 1.70. The first-order chi connectivity index (χ1) is 6.75. The second kappa shape index (κ2) is 2.81. The first-order valence-electron chi connectivity index (χ1n) is 5.59. The molecule has 0 atom stereocenters. The molecule has 1 saturated carbocycles. The molecule has 0 unspecified atom stereocenters. The van der Waals surface area contributed by atoms with Gasteiger partial charge in [-0.2, -0.15) is 0 Å². The number of ketones is 1. The molecule has 3 aliphatic rings. The molecule has 1 amide bonds. The minimum atomic E-state index is 0.0451. The van der Waals surface area contributed by atoms with Crippen molar-refractivity contribution in [3.8, 4) is 0 Å². The zero-order valence-electron chi connectivity index (χ0n) is 8.24. The molecule has 0 spiro atoms. The van der Waals surface area contributed by atoms with E-state index >= 15 is 0 Å². The second-order valence-corrected chi connectivity index (χ2v) is 4.85. The predicted octanol–water partition coefficient (Wildman–Crippen LogP) is 1.12. The van der Waals surface area contributed by atoms with Gasteiger partial charge in [0.15, 0.2) is 0 Å². The average Bonchev–Trinajstić information content (AvgIpc) is 2.70. The minimum absolute atomic E-state index is 0.0451. The Hall–Kier alpha value is -0.860. The van der Waals surface area contributed by atoms with Crippen molar-refractivity contribution in [3.05, 3.63) is 0 Å². The molecule has 3 heteroatoms. The summed E-state index contributed by atoms with van der Waals surface area (Å²) in [6.45, 7) is 0. The van der Waals surface area contributed by atoms with Gasteiger partial charge in [0, 0.05) is 24.9 Å². The van der Waals surface area contributed by atoms with E-state index in [9.17, 15) is 9.59 Å². The van der Waals surface area contributed by atoms with Crippen LogP contribution in [0, 0.1) is 5.92 Å². The zero-order chi connectivity index (χ0) is 9.71. The van der Waals surface area contributed by atoms with Crippen LogP contribution in [0.4, 0.5) is 0 Å². The standard InChI is InChI=1S/C11H15NO2/c13-10-5-7(6-10)11(14)12-8-1-2-9(12)4-3-8/h7-9H,1-6H2. The van der Waals surface area contributed by atoms with Gasteiger partial charge in [0.05, 0.1) is 5.92 Å². The Balaban J connectivity index is 1.71. The number of hydrogen-bond donors (Lipinski definition) is 0. The summed E-state index contributed by atoms with van der Waals surface area (Å²) in [6, 6.07) is 1.03. The Morgan fingerprint density at radius 2 is 1.57 bits per heavy atom. The third-order valence-electron chi connectivity index (χ3n) is 4.00.